The van der Waals surface area contributed by atoms with Crippen LogP contribution in [-0.2, 0) is 12.8 Å². The molecule has 6 nitrogen and oxygen atoms in total. The van der Waals surface area contributed by atoms with Crippen molar-refractivity contribution in [1.29, 1.82) is 5.41 Å². The summed E-state index contributed by atoms with van der Waals surface area (Å²) in [5.41, 5.74) is 11.8. The van der Waals surface area contributed by atoms with Gasteiger partial charge in [0.2, 0.25) is 0 Å². The molecule has 1 aliphatic rings. The Bertz CT molecular complexity index is 1100. The van der Waals surface area contributed by atoms with Gasteiger partial charge in [-0.05, 0) is 67.6 Å². The highest BCUT2D eigenvalue weighted by atomic mass is 35.5. The van der Waals surface area contributed by atoms with E-state index in [1.54, 1.807) is 6.07 Å². The fourth-order valence-corrected chi connectivity index (χ4v) is 4.13. The van der Waals surface area contributed by atoms with Crippen LogP contribution in [0.3, 0.4) is 0 Å². The van der Waals surface area contributed by atoms with Crippen molar-refractivity contribution in [2.45, 2.75) is 25.7 Å². The Morgan fingerprint density at radius 1 is 1.00 bits per heavy atom. The summed E-state index contributed by atoms with van der Waals surface area (Å²) in [5, 5.41) is 19.2. The number of benzene rings is 2. The monoisotopic (exact) mass is 442 g/mol. The van der Waals surface area contributed by atoms with Crippen LogP contribution in [0, 0.1) is 5.41 Å². The van der Waals surface area contributed by atoms with Crippen molar-refractivity contribution in [3.8, 4) is 0 Å². The number of guanidine groups is 1. The minimum absolute atomic E-state index is 0.0217. The van der Waals surface area contributed by atoms with Crippen molar-refractivity contribution in [2.24, 2.45) is 5.73 Å². The lowest BCUT2D eigenvalue weighted by molar-refractivity contribution is 0.672. The molecule has 0 amide bonds. The summed E-state index contributed by atoms with van der Waals surface area (Å²) in [7, 11) is 0. The third-order valence-electron chi connectivity index (χ3n) is 5.21. The predicted molar refractivity (Wildman–Crippen MR) is 127 cm³/mol. The molecule has 0 fully saturated rings. The first-order valence-corrected chi connectivity index (χ1v) is 10.8. The van der Waals surface area contributed by atoms with E-state index in [-0.39, 0.29) is 5.96 Å². The highest BCUT2D eigenvalue weighted by molar-refractivity contribution is 6.42. The van der Waals surface area contributed by atoms with Crippen LogP contribution in [0.1, 0.15) is 24.1 Å². The Kier molecular flexibility index (Phi) is 6.16. The van der Waals surface area contributed by atoms with Crippen molar-refractivity contribution in [2.75, 3.05) is 23.7 Å². The van der Waals surface area contributed by atoms with Gasteiger partial charge < -0.3 is 21.7 Å². The Morgan fingerprint density at radius 2 is 1.77 bits per heavy atom. The summed E-state index contributed by atoms with van der Waals surface area (Å²) < 4.78 is 0. The minimum Gasteiger partial charge on any atom is -0.382 e. The van der Waals surface area contributed by atoms with Gasteiger partial charge in [-0.3, -0.25) is 10.4 Å². The van der Waals surface area contributed by atoms with Gasteiger partial charge >= 0.3 is 0 Å². The molecule has 6 N–H and O–H groups in total. The van der Waals surface area contributed by atoms with Gasteiger partial charge in [0.05, 0.1) is 15.6 Å². The van der Waals surface area contributed by atoms with Crippen LogP contribution in [0.2, 0.25) is 10.0 Å². The molecule has 1 heterocycles. The highest BCUT2D eigenvalue weighted by Gasteiger charge is 2.18. The molecule has 0 radical (unpaired) electrons. The molecule has 0 saturated heterocycles. The van der Waals surface area contributed by atoms with E-state index in [0.717, 1.165) is 40.8 Å². The molecule has 30 heavy (non-hydrogen) atoms. The summed E-state index contributed by atoms with van der Waals surface area (Å²) >= 11 is 12.2. The maximum atomic E-state index is 7.33. The van der Waals surface area contributed by atoms with Crippen LogP contribution in [0.5, 0.6) is 0 Å². The molecule has 8 heteroatoms. The second kappa shape index (κ2) is 8.98. The van der Waals surface area contributed by atoms with E-state index in [2.05, 4.69) is 22.0 Å². The molecule has 3 aromatic rings. The highest BCUT2D eigenvalue weighted by Crippen LogP contribution is 2.35. The molecule has 0 atom stereocenters. The molecule has 2 aromatic carbocycles. The molecule has 0 spiro atoms. The van der Waals surface area contributed by atoms with Crippen LogP contribution < -0.4 is 21.7 Å². The number of hydrogen-bond donors (Lipinski definition) is 5. The SMILES string of the molecule is N=C(N)NCCNc1c2c(nc3ccc(Nc4ccc(Cl)c(Cl)c4)cc13)CCCC2. The Morgan fingerprint density at radius 3 is 2.57 bits per heavy atom. The lowest BCUT2D eigenvalue weighted by atomic mass is 9.92. The van der Waals surface area contributed by atoms with Gasteiger partial charge in [0.25, 0.3) is 0 Å². The van der Waals surface area contributed by atoms with Crippen LogP contribution >= 0.6 is 23.2 Å². The number of aryl methyl sites for hydroxylation is 1. The number of aromatic nitrogens is 1. The zero-order valence-electron chi connectivity index (χ0n) is 16.5. The van der Waals surface area contributed by atoms with Crippen LogP contribution in [0.25, 0.3) is 10.9 Å². The van der Waals surface area contributed by atoms with Gasteiger partial charge in [-0.25, -0.2) is 0 Å². The van der Waals surface area contributed by atoms with Crippen molar-refractivity contribution in [3.63, 3.8) is 0 Å². The minimum atomic E-state index is -0.0217. The molecule has 1 aliphatic carbocycles. The lowest BCUT2D eigenvalue weighted by Crippen LogP contribution is -2.34. The maximum absolute atomic E-state index is 7.33. The van der Waals surface area contributed by atoms with Crippen LogP contribution in [0.4, 0.5) is 17.1 Å². The van der Waals surface area contributed by atoms with Gasteiger partial charge in [-0.15, -0.1) is 0 Å². The van der Waals surface area contributed by atoms with E-state index in [9.17, 15) is 0 Å². The van der Waals surface area contributed by atoms with Gasteiger partial charge in [-0.2, -0.15) is 0 Å². The summed E-state index contributed by atoms with van der Waals surface area (Å²) in [6.45, 7) is 1.24. The molecular weight excluding hydrogens is 419 g/mol. The van der Waals surface area contributed by atoms with E-state index in [1.165, 1.54) is 24.1 Å². The molecule has 1 aromatic heterocycles. The molecule has 4 rings (SSSR count). The molecular formula is C22H24Cl2N6. The zero-order chi connectivity index (χ0) is 21.1. The standard InChI is InChI=1S/C22H24Cl2N6/c23-17-7-5-14(12-18(17)24)29-13-6-8-20-16(11-13)21(27-9-10-28-22(25)26)15-3-1-2-4-19(15)30-20/h5-8,11-12,29H,1-4,9-10H2,(H,27,30)(H4,25,26,28). The van der Waals surface area contributed by atoms with E-state index < -0.39 is 0 Å². The van der Waals surface area contributed by atoms with Crippen molar-refractivity contribution >= 4 is 57.1 Å². The first-order valence-electron chi connectivity index (χ1n) is 10.0. The fraction of sp³-hybridized carbons (Fsp3) is 0.273. The Balaban J connectivity index is 1.68. The van der Waals surface area contributed by atoms with Gasteiger partial charge in [0.1, 0.15) is 0 Å². The normalized spacial score (nSPS) is 13.0. The first-order chi connectivity index (χ1) is 14.5. The third kappa shape index (κ3) is 4.55. The van der Waals surface area contributed by atoms with Crippen LogP contribution in [-0.4, -0.2) is 24.0 Å². The quantitative estimate of drug-likeness (QED) is 0.208. The van der Waals surface area contributed by atoms with E-state index in [1.807, 2.05) is 24.3 Å². The molecule has 0 bridgehead atoms. The summed E-state index contributed by atoms with van der Waals surface area (Å²) in [5.74, 6) is -0.0217. The van der Waals surface area contributed by atoms with Crippen molar-refractivity contribution in [3.05, 3.63) is 57.7 Å². The van der Waals surface area contributed by atoms with Gasteiger partial charge in [-0.1, -0.05) is 23.2 Å². The third-order valence-corrected chi connectivity index (χ3v) is 5.95. The number of rotatable bonds is 6. The fourth-order valence-electron chi connectivity index (χ4n) is 3.83. The number of hydrogen-bond acceptors (Lipinski definition) is 4. The number of nitrogens with two attached hydrogens (primary N) is 1. The molecule has 0 saturated carbocycles. The van der Waals surface area contributed by atoms with Crippen molar-refractivity contribution in [1.82, 2.24) is 10.3 Å². The molecule has 0 aliphatic heterocycles. The van der Waals surface area contributed by atoms with E-state index >= 15 is 0 Å². The van der Waals surface area contributed by atoms with E-state index in [0.29, 0.717) is 23.1 Å². The Labute approximate surface area is 185 Å². The predicted octanol–water partition coefficient (Wildman–Crippen LogP) is 5.06. The first kappa shape index (κ1) is 20.6. The second-order valence-corrected chi connectivity index (χ2v) is 8.19. The number of nitrogens with one attached hydrogen (secondary N) is 4. The van der Waals surface area contributed by atoms with E-state index in [4.69, 9.17) is 39.3 Å². The summed E-state index contributed by atoms with van der Waals surface area (Å²) in [4.78, 5) is 4.93. The lowest BCUT2D eigenvalue weighted by Gasteiger charge is -2.22. The molecule has 156 valence electrons. The topological polar surface area (TPSA) is 98.9 Å². The smallest absolute Gasteiger partial charge is 0.185 e. The zero-order valence-corrected chi connectivity index (χ0v) is 18.0. The average Bonchev–Trinajstić information content (AvgIpc) is 2.73. The number of fused-ring (bicyclic) bond motifs is 2. The van der Waals surface area contributed by atoms with Crippen LogP contribution in [0.15, 0.2) is 36.4 Å². The Hall–Kier alpha value is -2.70. The average molecular weight is 443 g/mol. The largest absolute Gasteiger partial charge is 0.382 e. The molecule has 0 unspecified atom stereocenters. The number of anilines is 3. The number of halogens is 2. The van der Waals surface area contributed by atoms with Gasteiger partial charge in [0.15, 0.2) is 5.96 Å². The summed E-state index contributed by atoms with van der Waals surface area (Å²) in [6, 6.07) is 11.7. The number of pyridine rings is 1. The van der Waals surface area contributed by atoms with Gasteiger partial charge in [0, 0.05) is 41.2 Å². The summed E-state index contributed by atoms with van der Waals surface area (Å²) in [6.07, 6.45) is 4.37. The maximum Gasteiger partial charge on any atom is 0.185 e. The number of nitrogens with zero attached hydrogens (tertiary/aromatic N) is 1. The van der Waals surface area contributed by atoms with Crippen molar-refractivity contribution < 1.29 is 0 Å². The second-order valence-electron chi connectivity index (χ2n) is 7.37.